The third-order valence-corrected chi connectivity index (χ3v) is 2.30. The fourth-order valence-electron chi connectivity index (χ4n) is 1.17. The molecule has 0 unspecified atom stereocenters. The van der Waals surface area contributed by atoms with E-state index in [0.717, 1.165) is 0 Å². The molecule has 68 valence electrons. The molecule has 1 aliphatic rings. The summed E-state index contributed by atoms with van der Waals surface area (Å²) in [6.45, 7) is 1.66. The molecule has 12 heavy (non-hydrogen) atoms. The Hall–Kier alpha value is -1.10. The van der Waals surface area contributed by atoms with Crippen molar-refractivity contribution in [3.05, 3.63) is 0 Å². The molecule has 0 aliphatic carbocycles. The van der Waals surface area contributed by atoms with Gasteiger partial charge in [-0.15, -0.1) is 0 Å². The Labute approximate surface area is 71.1 Å². The molecule has 0 aromatic carbocycles. The summed E-state index contributed by atoms with van der Waals surface area (Å²) in [7, 11) is 3.09. The van der Waals surface area contributed by atoms with Gasteiger partial charge in [0, 0.05) is 14.1 Å². The van der Waals surface area contributed by atoms with Crippen molar-refractivity contribution in [2.75, 3.05) is 14.1 Å². The molecule has 5 nitrogen and oxygen atoms in total. The second-order valence-electron chi connectivity index (χ2n) is 3.04. The van der Waals surface area contributed by atoms with E-state index in [1.165, 1.54) is 17.1 Å². The molecule has 1 rings (SSSR count). The number of carbonyl (C=O) groups is 2. The van der Waals surface area contributed by atoms with Crippen LogP contribution in [0.5, 0.6) is 0 Å². The normalized spacial score (nSPS) is 31.3. The maximum absolute atomic E-state index is 11.3. The fourth-order valence-corrected chi connectivity index (χ4v) is 1.17. The molecule has 0 radical (unpaired) electrons. The molecule has 2 amide bonds. The highest BCUT2D eigenvalue weighted by Crippen LogP contribution is 2.14. The number of rotatable bonds is 0. The Morgan fingerprint density at radius 2 is 1.58 bits per heavy atom. The van der Waals surface area contributed by atoms with Gasteiger partial charge in [0.15, 0.2) is 0 Å². The molecule has 0 aromatic rings. The summed E-state index contributed by atoms with van der Waals surface area (Å²) < 4.78 is 0. The lowest BCUT2D eigenvalue weighted by molar-refractivity contribution is -0.170. The Morgan fingerprint density at radius 1 is 1.17 bits per heavy atom. The van der Waals surface area contributed by atoms with Crippen LogP contribution in [0.25, 0.3) is 0 Å². The Balaban J connectivity index is 2.91. The zero-order valence-corrected chi connectivity index (χ0v) is 7.44. The van der Waals surface area contributed by atoms with Crippen molar-refractivity contribution in [2.24, 2.45) is 11.7 Å². The molecule has 1 saturated heterocycles. The molecular weight excluding hydrogens is 158 g/mol. The monoisotopic (exact) mass is 171 g/mol. The minimum absolute atomic E-state index is 0.121. The van der Waals surface area contributed by atoms with E-state index in [9.17, 15) is 9.59 Å². The maximum atomic E-state index is 11.3. The summed E-state index contributed by atoms with van der Waals surface area (Å²) in [5.74, 6) is -0.757. The SMILES string of the molecule is C[C@H]1C(=O)N(C)N(C)C(=O)[C@@H]1N. The van der Waals surface area contributed by atoms with E-state index in [0.29, 0.717) is 0 Å². The van der Waals surface area contributed by atoms with E-state index in [2.05, 4.69) is 0 Å². The highest BCUT2D eigenvalue weighted by Gasteiger charge is 2.38. The molecule has 2 N–H and O–H groups in total. The fraction of sp³-hybridized carbons (Fsp3) is 0.714. The van der Waals surface area contributed by atoms with E-state index < -0.39 is 12.0 Å². The molecule has 1 heterocycles. The Bertz CT molecular complexity index is 185. The molecule has 1 fully saturated rings. The van der Waals surface area contributed by atoms with Gasteiger partial charge in [0.25, 0.3) is 5.91 Å². The third kappa shape index (κ3) is 1.06. The number of carbonyl (C=O) groups excluding carboxylic acids is 2. The van der Waals surface area contributed by atoms with Gasteiger partial charge in [-0.3, -0.25) is 19.6 Å². The maximum Gasteiger partial charge on any atom is 0.258 e. The zero-order valence-electron chi connectivity index (χ0n) is 7.44. The van der Waals surface area contributed by atoms with E-state index in [1.54, 1.807) is 14.0 Å². The van der Waals surface area contributed by atoms with Crippen molar-refractivity contribution >= 4 is 11.8 Å². The average molecular weight is 171 g/mol. The standard InChI is InChI=1S/C7H13N3O2/c1-4-5(8)7(12)10(3)9(2)6(4)11/h4-5H,8H2,1-3H3/t4-,5-/m1/s1. The summed E-state index contributed by atoms with van der Waals surface area (Å²) >= 11 is 0. The number of nitrogens with zero attached hydrogens (tertiary/aromatic N) is 2. The lowest BCUT2D eigenvalue weighted by atomic mass is 9.99. The Morgan fingerprint density at radius 3 is 2.08 bits per heavy atom. The van der Waals surface area contributed by atoms with Crippen LogP contribution in [0.1, 0.15) is 6.92 Å². The first-order valence-corrected chi connectivity index (χ1v) is 3.77. The van der Waals surface area contributed by atoms with Gasteiger partial charge in [0.2, 0.25) is 5.91 Å². The summed E-state index contributed by atoms with van der Waals surface area (Å²) in [5, 5.41) is 2.53. The van der Waals surface area contributed by atoms with E-state index in [-0.39, 0.29) is 11.8 Å². The van der Waals surface area contributed by atoms with Crippen molar-refractivity contribution in [2.45, 2.75) is 13.0 Å². The Kier molecular flexibility index (Phi) is 2.06. The summed E-state index contributed by atoms with van der Waals surface area (Å²) in [5.41, 5.74) is 5.53. The van der Waals surface area contributed by atoms with Crippen LogP contribution in [0.2, 0.25) is 0 Å². The largest absolute Gasteiger partial charge is 0.319 e. The van der Waals surface area contributed by atoms with Gasteiger partial charge < -0.3 is 5.73 Å². The number of hydrogen-bond acceptors (Lipinski definition) is 3. The smallest absolute Gasteiger partial charge is 0.258 e. The van der Waals surface area contributed by atoms with Crippen LogP contribution < -0.4 is 5.73 Å². The topological polar surface area (TPSA) is 66.6 Å². The highest BCUT2D eigenvalue weighted by molar-refractivity contribution is 5.94. The van der Waals surface area contributed by atoms with Gasteiger partial charge >= 0.3 is 0 Å². The predicted octanol–water partition coefficient (Wildman–Crippen LogP) is -1.20. The summed E-state index contributed by atoms with van der Waals surface area (Å²) in [6, 6.07) is -0.696. The van der Waals surface area contributed by atoms with Crippen LogP contribution >= 0.6 is 0 Å². The van der Waals surface area contributed by atoms with Crippen LogP contribution in [-0.4, -0.2) is 42.0 Å². The van der Waals surface area contributed by atoms with Gasteiger partial charge in [-0.05, 0) is 0 Å². The van der Waals surface area contributed by atoms with Crippen molar-refractivity contribution < 1.29 is 9.59 Å². The van der Waals surface area contributed by atoms with E-state index in [1.807, 2.05) is 0 Å². The van der Waals surface area contributed by atoms with Crippen LogP contribution in [-0.2, 0) is 9.59 Å². The first-order valence-electron chi connectivity index (χ1n) is 3.77. The minimum atomic E-state index is -0.696. The summed E-state index contributed by atoms with van der Waals surface area (Å²) in [6.07, 6.45) is 0. The lowest BCUT2D eigenvalue weighted by Gasteiger charge is -2.38. The second kappa shape index (κ2) is 2.75. The molecular formula is C7H13N3O2. The van der Waals surface area contributed by atoms with Crippen molar-refractivity contribution in [1.82, 2.24) is 10.0 Å². The second-order valence-corrected chi connectivity index (χ2v) is 3.04. The number of amides is 2. The number of nitrogens with two attached hydrogens (primary N) is 1. The van der Waals surface area contributed by atoms with Gasteiger partial charge in [0.05, 0.1) is 12.0 Å². The zero-order chi connectivity index (χ0) is 9.46. The quantitative estimate of drug-likeness (QED) is 0.497. The molecule has 5 heteroatoms. The highest BCUT2D eigenvalue weighted by atomic mass is 16.2. The van der Waals surface area contributed by atoms with Gasteiger partial charge in [-0.25, -0.2) is 0 Å². The molecule has 0 aromatic heterocycles. The third-order valence-electron chi connectivity index (χ3n) is 2.30. The van der Waals surface area contributed by atoms with Crippen LogP contribution in [0, 0.1) is 5.92 Å². The number of likely N-dealkylation sites (N-methyl/N-ethyl adjacent to an activating group) is 1. The molecule has 0 spiro atoms. The van der Waals surface area contributed by atoms with Gasteiger partial charge in [0.1, 0.15) is 0 Å². The van der Waals surface area contributed by atoms with Crippen LogP contribution in [0.15, 0.2) is 0 Å². The minimum Gasteiger partial charge on any atom is -0.319 e. The van der Waals surface area contributed by atoms with Crippen LogP contribution in [0.4, 0.5) is 0 Å². The number of hydrazine groups is 1. The molecule has 2 atom stereocenters. The summed E-state index contributed by atoms with van der Waals surface area (Å²) in [4.78, 5) is 22.6. The van der Waals surface area contributed by atoms with E-state index >= 15 is 0 Å². The number of hydrogen-bond donors (Lipinski definition) is 1. The molecule has 0 bridgehead atoms. The predicted molar refractivity (Wildman–Crippen MR) is 42.7 cm³/mol. The van der Waals surface area contributed by atoms with Crippen molar-refractivity contribution in [1.29, 1.82) is 0 Å². The lowest BCUT2D eigenvalue weighted by Crippen LogP contribution is -2.61. The first kappa shape index (κ1) is 8.99. The van der Waals surface area contributed by atoms with E-state index in [4.69, 9.17) is 5.73 Å². The molecule has 0 saturated carbocycles. The van der Waals surface area contributed by atoms with Crippen molar-refractivity contribution in [3.8, 4) is 0 Å². The van der Waals surface area contributed by atoms with Crippen molar-refractivity contribution in [3.63, 3.8) is 0 Å². The van der Waals surface area contributed by atoms with Gasteiger partial charge in [-0.2, -0.15) is 0 Å². The average Bonchev–Trinajstić information content (AvgIpc) is 2.08. The molecule has 1 aliphatic heterocycles. The van der Waals surface area contributed by atoms with Gasteiger partial charge in [-0.1, -0.05) is 6.92 Å². The van der Waals surface area contributed by atoms with Crippen LogP contribution in [0.3, 0.4) is 0 Å². The first-order chi connectivity index (χ1) is 5.46.